The van der Waals surface area contributed by atoms with Gasteiger partial charge in [0.05, 0.1) is 4.90 Å². The van der Waals surface area contributed by atoms with E-state index in [-0.39, 0.29) is 10.9 Å². The van der Waals surface area contributed by atoms with Crippen LogP contribution in [0.4, 0.5) is 0 Å². The van der Waals surface area contributed by atoms with Crippen LogP contribution in [-0.2, 0) is 10.0 Å². The lowest BCUT2D eigenvalue weighted by atomic mass is 10.1. The highest BCUT2D eigenvalue weighted by Crippen LogP contribution is 2.18. The SMILES string of the molecule is CCC(N)c1cccc(S(=O)(=O)NCCCSC)c1. The topological polar surface area (TPSA) is 72.2 Å². The Morgan fingerprint density at radius 1 is 1.42 bits per heavy atom. The summed E-state index contributed by atoms with van der Waals surface area (Å²) >= 11 is 1.71. The van der Waals surface area contributed by atoms with Gasteiger partial charge >= 0.3 is 0 Å². The van der Waals surface area contributed by atoms with Gasteiger partial charge < -0.3 is 5.73 Å². The Morgan fingerprint density at radius 2 is 2.16 bits per heavy atom. The van der Waals surface area contributed by atoms with Gasteiger partial charge in [0.15, 0.2) is 0 Å². The van der Waals surface area contributed by atoms with E-state index >= 15 is 0 Å². The molecular weight excluding hydrogens is 280 g/mol. The maximum atomic E-state index is 12.1. The summed E-state index contributed by atoms with van der Waals surface area (Å²) in [5, 5.41) is 0. The number of sulfonamides is 1. The second-order valence-electron chi connectivity index (χ2n) is 4.33. The van der Waals surface area contributed by atoms with Crippen LogP contribution in [0.3, 0.4) is 0 Å². The lowest BCUT2D eigenvalue weighted by molar-refractivity contribution is 0.580. The van der Waals surface area contributed by atoms with Crippen molar-refractivity contribution in [3.63, 3.8) is 0 Å². The Morgan fingerprint density at radius 3 is 2.79 bits per heavy atom. The van der Waals surface area contributed by atoms with Gasteiger partial charge in [0.2, 0.25) is 10.0 Å². The Kier molecular flexibility index (Phi) is 6.85. The fourth-order valence-corrected chi connectivity index (χ4v) is 3.22. The van der Waals surface area contributed by atoms with Crippen LogP contribution in [0.1, 0.15) is 31.4 Å². The molecule has 1 aromatic carbocycles. The number of hydrogen-bond donors (Lipinski definition) is 2. The van der Waals surface area contributed by atoms with Crippen LogP contribution in [0.25, 0.3) is 0 Å². The van der Waals surface area contributed by atoms with Crippen molar-refractivity contribution in [3.8, 4) is 0 Å². The molecule has 0 amide bonds. The van der Waals surface area contributed by atoms with Crippen molar-refractivity contribution in [1.82, 2.24) is 4.72 Å². The van der Waals surface area contributed by atoms with Gasteiger partial charge in [-0.1, -0.05) is 19.1 Å². The zero-order chi connectivity index (χ0) is 14.3. The van der Waals surface area contributed by atoms with Crippen molar-refractivity contribution in [2.45, 2.75) is 30.7 Å². The van der Waals surface area contributed by atoms with Crippen LogP contribution in [0.15, 0.2) is 29.2 Å². The van der Waals surface area contributed by atoms with Gasteiger partial charge in [-0.05, 0) is 42.5 Å². The third-order valence-corrected chi connectivity index (χ3v) is 5.01. The molecule has 1 aromatic rings. The normalized spacial score (nSPS) is 13.4. The minimum atomic E-state index is -3.42. The average molecular weight is 302 g/mol. The van der Waals surface area contributed by atoms with Crippen LogP contribution in [0.5, 0.6) is 0 Å². The third kappa shape index (κ3) is 5.14. The third-order valence-electron chi connectivity index (χ3n) is 2.85. The number of nitrogens with two attached hydrogens (primary N) is 1. The Labute approximate surface area is 120 Å². The second kappa shape index (κ2) is 7.89. The van der Waals surface area contributed by atoms with Crippen molar-refractivity contribution >= 4 is 21.8 Å². The molecule has 0 heterocycles. The number of hydrogen-bond acceptors (Lipinski definition) is 4. The molecule has 0 saturated heterocycles. The minimum Gasteiger partial charge on any atom is -0.324 e. The maximum absolute atomic E-state index is 12.1. The molecule has 4 nitrogen and oxygen atoms in total. The number of rotatable bonds is 8. The molecule has 0 aromatic heterocycles. The van der Waals surface area contributed by atoms with E-state index in [0.29, 0.717) is 6.54 Å². The summed E-state index contributed by atoms with van der Waals surface area (Å²) in [5.41, 5.74) is 6.78. The van der Waals surface area contributed by atoms with E-state index in [0.717, 1.165) is 24.2 Å². The lowest BCUT2D eigenvalue weighted by Crippen LogP contribution is -2.25. The van der Waals surface area contributed by atoms with E-state index in [2.05, 4.69) is 4.72 Å². The first-order valence-corrected chi connectivity index (χ1v) is 9.23. The molecule has 1 atom stereocenters. The van der Waals surface area contributed by atoms with Crippen LogP contribution >= 0.6 is 11.8 Å². The summed E-state index contributed by atoms with van der Waals surface area (Å²) in [5.74, 6) is 0.948. The van der Waals surface area contributed by atoms with Crippen molar-refractivity contribution in [2.24, 2.45) is 5.73 Å². The Bertz CT molecular complexity index is 489. The van der Waals surface area contributed by atoms with E-state index in [1.54, 1.807) is 30.0 Å². The van der Waals surface area contributed by atoms with Gasteiger partial charge in [0.1, 0.15) is 0 Å². The summed E-state index contributed by atoms with van der Waals surface area (Å²) in [6.45, 7) is 2.44. The zero-order valence-electron chi connectivity index (χ0n) is 11.4. The van der Waals surface area contributed by atoms with Crippen molar-refractivity contribution in [2.75, 3.05) is 18.6 Å². The van der Waals surface area contributed by atoms with E-state index in [4.69, 9.17) is 5.73 Å². The van der Waals surface area contributed by atoms with Crippen LogP contribution in [0.2, 0.25) is 0 Å². The summed E-state index contributed by atoms with van der Waals surface area (Å²) in [7, 11) is -3.42. The van der Waals surface area contributed by atoms with E-state index < -0.39 is 10.0 Å². The predicted octanol–water partition coefficient (Wildman–Crippen LogP) is 2.13. The number of thioether (sulfide) groups is 1. The summed E-state index contributed by atoms with van der Waals surface area (Å²) < 4.78 is 26.8. The summed E-state index contributed by atoms with van der Waals surface area (Å²) in [6.07, 6.45) is 3.61. The van der Waals surface area contributed by atoms with Crippen LogP contribution < -0.4 is 10.5 Å². The van der Waals surface area contributed by atoms with Crippen LogP contribution in [0, 0.1) is 0 Å². The standard InChI is InChI=1S/C13H22N2O2S2/c1-3-13(14)11-6-4-7-12(10-11)19(16,17)15-8-5-9-18-2/h4,6-7,10,13,15H,3,5,8-9,14H2,1-2H3. The molecule has 0 aliphatic rings. The first-order chi connectivity index (χ1) is 9.01. The minimum absolute atomic E-state index is 0.119. The molecule has 3 N–H and O–H groups in total. The Hall–Kier alpha value is -0.560. The van der Waals surface area contributed by atoms with E-state index in [1.165, 1.54) is 0 Å². The molecule has 19 heavy (non-hydrogen) atoms. The molecule has 0 fully saturated rings. The molecular formula is C13H22N2O2S2. The molecule has 0 aliphatic carbocycles. The number of benzene rings is 1. The monoisotopic (exact) mass is 302 g/mol. The van der Waals surface area contributed by atoms with Gasteiger partial charge in [-0.15, -0.1) is 0 Å². The van der Waals surface area contributed by atoms with E-state index in [9.17, 15) is 8.42 Å². The summed E-state index contributed by atoms with van der Waals surface area (Å²) in [4.78, 5) is 0.290. The molecule has 0 aliphatic heterocycles. The fourth-order valence-electron chi connectivity index (χ4n) is 1.65. The molecule has 1 unspecified atom stereocenters. The van der Waals surface area contributed by atoms with E-state index in [1.807, 2.05) is 19.2 Å². The van der Waals surface area contributed by atoms with Gasteiger partial charge in [-0.3, -0.25) is 0 Å². The van der Waals surface area contributed by atoms with Gasteiger partial charge in [-0.2, -0.15) is 11.8 Å². The van der Waals surface area contributed by atoms with Crippen molar-refractivity contribution in [3.05, 3.63) is 29.8 Å². The average Bonchev–Trinajstić information content (AvgIpc) is 2.43. The highest BCUT2D eigenvalue weighted by atomic mass is 32.2. The molecule has 1 rings (SSSR count). The highest BCUT2D eigenvalue weighted by molar-refractivity contribution is 7.98. The smallest absolute Gasteiger partial charge is 0.240 e. The quantitative estimate of drug-likeness (QED) is 0.722. The molecule has 0 spiro atoms. The fraction of sp³-hybridized carbons (Fsp3) is 0.538. The molecule has 0 bridgehead atoms. The van der Waals surface area contributed by atoms with Crippen molar-refractivity contribution in [1.29, 1.82) is 0 Å². The first-order valence-electron chi connectivity index (χ1n) is 6.35. The molecule has 0 radical (unpaired) electrons. The maximum Gasteiger partial charge on any atom is 0.240 e. The van der Waals surface area contributed by atoms with Gasteiger partial charge in [0, 0.05) is 12.6 Å². The molecule has 108 valence electrons. The highest BCUT2D eigenvalue weighted by Gasteiger charge is 2.14. The largest absolute Gasteiger partial charge is 0.324 e. The summed E-state index contributed by atoms with van der Waals surface area (Å²) in [6, 6.07) is 6.74. The second-order valence-corrected chi connectivity index (χ2v) is 7.08. The van der Waals surface area contributed by atoms with Gasteiger partial charge in [0.25, 0.3) is 0 Å². The lowest BCUT2D eigenvalue weighted by Gasteiger charge is -2.11. The Balaban J connectivity index is 2.77. The molecule has 0 saturated carbocycles. The number of nitrogens with one attached hydrogen (secondary N) is 1. The zero-order valence-corrected chi connectivity index (χ0v) is 13.1. The predicted molar refractivity (Wildman–Crippen MR) is 81.8 cm³/mol. The molecule has 6 heteroatoms. The van der Waals surface area contributed by atoms with Gasteiger partial charge in [-0.25, -0.2) is 13.1 Å². The van der Waals surface area contributed by atoms with Crippen LogP contribution in [-0.4, -0.2) is 27.0 Å². The first kappa shape index (κ1) is 16.5. The van der Waals surface area contributed by atoms with Crippen molar-refractivity contribution < 1.29 is 8.42 Å².